The van der Waals surface area contributed by atoms with E-state index in [0.29, 0.717) is 6.54 Å². The monoisotopic (exact) mass is 250 g/mol. The van der Waals surface area contributed by atoms with E-state index in [4.69, 9.17) is 29.4 Å². The second-order valence-electron chi connectivity index (χ2n) is 3.02. The predicted octanol–water partition coefficient (Wildman–Crippen LogP) is -2.24. The molecule has 0 aromatic heterocycles. The van der Waals surface area contributed by atoms with Crippen LogP contribution in [0.15, 0.2) is 0 Å². The molecule has 86 valence electrons. The molecule has 0 unspecified atom stereocenters. The summed E-state index contributed by atoms with van der Waals surface area (Å²) in [5.74, 6) is 0. The van der Waals surface area contributed by atoms with Crippen LogP contribution in [0.1, 0.15) is 13.3 Å². The Bertz CT molecular complexity index is 153. The van der Waals surface area contributed by atoms with E-state index in [1.807, 2.05) is 6.92 Å². The SMILES string of the molecule is CCC[NH2+]CC([P+](O)(O)O)[P+](O)(O)O. The molecular weight excluding hydrogens is 232 g/mol. The molecule has 0 bridgehead atoms. The first kappa shape index (κ1) is 14.6. The molecule has 0 aromatic rings. The first-order chi connectivity index (χ1) is 6.19. The van der Waals surface area contributed by atoms with Crippen LogP contribution in [0.4, 0.5) is 0 Å². The zero-order valence-electron chi connectivity index (χ0n) is 7.85. The topological polar surface area (TPSA) is 138 Å². The molecule has 0 saturated heterocycles. The molecule has 0 aliphatic carbocycles. The molecular formula is C5H18NO6P2+3. The van der Waals surface area contributed by atoms with Gasteiger partial charge in [0.15, 0.2) is 6.54 Å². The highest BCUT2D eigenvalue weighted by molar-refractivity contribution is 7.77. The molecule has 0 amide bonds. The summed E-state index contributed by atoms with van der Waals surface area (Å²) in [5.41, 5.74) is 0. The molecule has 14 heavy (non-hydrogen) atoms. The van der Waals surface area contributed by atoms with Crippen molar-refractivity contribution in [1.82, 2.24) is 0 Å². The number of hydrogen-bond donors (Lipinski definition) is 7. The lowest BCUT2D eigenvalue weighted by Gasteiger charge is -2.15. The maximum Gasteiger partial charge on any atom is 0.461 e. The van der Waals surface area contributed by atoms with Crippen molar-refractivity contribution in [1.29, 1.82) is 0 Å². The molecule has 8 N–H and O–H groups in total. The first-order valence-electron chi connectivity index (χ1n) is 4.15. The Balaban J connectivity index is 4.28. The van der Waals surface area contributed by atoms with Gasteiger partial charge >= 0.3 is 21.3 Å². The van der Waals surface area contributed by atoms with Crippen molar-refractivity contribution in [3.8, 4) is 0 Å². The molecule has 0 heterocycles. The Morgan fingerprint density at radius 2 is 1.43 bits per heavy atom. The summed E-state index contributed by atoms with van der Waals surface area (Å²) < 4.78 is 0. The van der Waals surface area contributed by atoms with Crippen LogP contribution in [0.25, 0.3) is 0 Å². The van der Waals surface area contributed by atoms with Crippen molar-refractivity contribution >= 4 is 15.9 Å². The maximum absolute atomic E-state index is 8.86. The van der Waals surface area contributed by atoms with Gasteiger partial charge in [0.05, 0.1) is 6.54 Å². The van der Waals surface area contributed by atoms with E-state index < -0.39 is 21.3 Å². The highest BCUT2D eigenvalue weighted by Crippen LogP contribution is 2.68. The van der Waals surface area contributed by atoms with Gasteiger partial charge in [0.2, 0.25) is 0 Å². The second-order valence-corrected chi connectivity index (χ2v) is 7.14. The van der Waals surface area contributed by atoms with Crippen LogP contribution in [0, 0.1) is 0 Å². The minimum absolute atomic E-state index is 0.137. The van der Waals surface area contributed by atoms with Gasteiger partial charge in [-0.2, -0.15) is 29.4 Å². The van der Waals surface area contributed by atoms with E-state index in [-0.39, 0.29) is 6.54 Å². The molecule has 9 heteroatoms. The van der Waals surface area contributed by atoms with Crippen LogP contribution in [0.3, 0.4) is 0 Å². The lowest BCUT2D eigenvalue weighted by molar-refractivity contribution is -0.652. The Labute approximate surface area is 83.2 Å². The zero-order chi connectivity index (χ0) is 11.4. The van der Waals surface area contributed by atoms with Gasteiger partial charge in [-0.25, -0.2) is 0 Å². The van der Waals surface area contributed by atoms with E-state index in [1.165, 1.54) is 0 Å². The molecule has 0 saturated carbocycles. The van der Waals surface area contributed by atoms with Crippen LogP contribution in [-0.4, -0.2) is 47.9 Å². The molecule has 0 aliphatic heterocycles. The maximum atomic E-state index is 8.86. The van der Waals surface area contributed by atoms with Crippen LogP contribution < -0.4 is 5.32 Å². The molecule has 0 spiro atoms. The van der Waals surface area contributed by atoms with Gasteiger partial charge in [-0.15, -0.1) is 0 Å². The summed E-state index contributed by atoms with van der Waals surface area (Å²) in [6.07, 6.45) is 0.814. The van der Waals surface area contributed by atoms with Gasteiger partial charge in [-0.05, 0) is 6.42 Å². The van der Waals surface area contributed by atoms with Crippen LogP contribution in [0.5, 0.6) is 0 Å². The number of rotatable bonds is 6. The van der Waals surface area contributed by atoms with E-state index >= 15 is 0 Å². The standard InChI is InChI=1S/C5H17NO6P2/c1-2-3-6-4-5(13(7,8)9)14(10,11)12/h5-12H,2-4H2,1H3/q+2/p+1. The van der Waals surface area contributed by atoms with E-state index in [1.54, 1.807) is 5.32 Å². The summed E-state index contributed by atoms with van der Waals surface area (Å²) in [6.45, 7) is 2.39. The summed E-state index contributed by atoms with van der Waals surface area (Å²) in [6, 6.07) is 0. The van der Waals surface area contributed by atoms with Crippen molar-refractivity contribution in [3.05, 3.63) is 0 Å². The van der Waals surface area contributed by atoms with Crippen molar-refractivity contribution in [2.75, 3.05) is 13.1 Å². The highest BCUT2D eigenvalue weighted by Gasteiger charge is 2.65. The average Bonchev–Trinajstić information content (AvgIpc) is 1.92. The summed E-state index contributed by atoms with van der Waals surface area (Å²) in [4.78, 5) is 53.2. The predicted molar refractivity (Wildman–Crippen MR) is 52.9 cm³/mol. The molecule has 7 nitrogen and oxygen atoms in total. The minimum atomic E-state index is -4.42. The number of nitrogens with two attached hydrogens (primary N) is 1. The largest absolute Gasteiger partial charge is 0.461 e. The molecule has 0 radical (unpaired) electrons. The molecule has 0 aromatic carbocycles. The molecule has 0 fully saturated rings. The highest BCUT2D eigenvalue weighted by atomic mass is 31.3. The summed E-state index contributed by atoms with van der Waals surface area (Å²) >= 11 is 0. The molecule has 0 rings (SSSR count). The summed E-state index contributed by atoms with van der Waals surface area (Å²) in [5, 5.41) is -0.0963. The Kier molecular flexibility index (Phi) is 5.84. The van der Waals surface area contributed by atoms with E-state index in [9.17, 15) is 0 Å². The average molecular weight is 250 g/mol. The van der Waals surface area contributed by atoms with Gasteiger partial charge < -0.3 is 5.32 Å². The molecule has 0 atom stereocenters. The third-order valence-corrected chi connectivity index (χ3v) is 5.55. The fourth-order valence-electron chi connectivity index (χ4n) is 0.962. The smallest absolute Gasteiger partial charge is 0.339 e. The normalized spacial score (nSPS) is 13.7. The third-order valence-electron chi connectivity index (χ3n) is 1.67. The van der Waals surface area contributed by atoms with Crippen LogP contribution in [0.2, 0.25) is 0 Å². The lowest BCUT2D eigenvalue weighted by Crippen LogP contribution is -2.86. The van der Waals surface area contributed by atoms with Crippen molar-refractivity contribution in [2.45, 2.75) is 18.7 Å². The Morgan fingerprint density at radius 3 is 1.71 bits per heavy atom. The van der Waals surface area contributed by atoms with Gasteiger partial charge in [0, 0.05) is 0 Å². The fourth-order valence-corrected chi connectivity index (χ4v) is 3.49. The van der Waals surface area contributed by atoms with Crippen molar-refractivity contribution < 1.29 is 34.7 Å². The van der Waals surface area contributed by atoms with Gasteiger partial charge in [0.1, 0.15) is 0 Å². The van der Waals surface area contributed by atoms with Gasteiger partial charge in [-0.3, -0.25) is 0 Å². The zero-order valence-corrected chi connectivity index (χ0v) is 9.64. The van der Waals surface area contributed by atoms with E-state index in [0.717, 1.165) is 6.42 Å². The summed E-state index contributed by atoms with van der Waals surface area (Å²) in [7, 11) is -8.84. The lowest BCUT2D eigenvalue weighted by atomic mass is 10.5. The van der Waals surface area contributed by atoms with Gasteiger partial charge in [0.25, 0.3) is 0 Å². The number of hydrogen-bond acceptors (Lipinski definition) is 6. The Hall–Kier alpha value is 0.580. The van der Waals surface area contributed by atoms with E-state index in [2.05, 4.69) is 0 Å². The first-order valence-corrected chi connectivity index (χ1v) is 7.58. The molecule has 0 aliphatic rings. The van der Waals surface area contributed by atoms with Crippen LogP contribution in [-0.2, 0) is 0 Å². The third kappa shape index (κ3) is 5.46. The van der Waals surface area contributed by atoms with Crippen LogP contribution >= 0.6 is 15.9 Å². The quantitative estimate of drug-likeness (QED) is 0.210. The fraction of sp³-hybridized carbons (Fsp3) is 1.00. The Morgan fingerprint density at radius 1 is 1.00 bits per heavy atom. The minimum Gasteiger partial charge on any atom is -0.339 e. The second kappa shape index (κ2) is 5.61. The van der Waals surface area contributed by atoms with Crippen molar-refractivity contribution in [2.24, 2.45) is 0 Å². The number of quaternary nitrogens is 1. The van der Waals surface area contributed by atoms with Crippen molar-refractivity contribution in [3.63, 3.8) is 0 Å². The van der Waals surface area contributed by atoms with Gasteiger partial charge in [-0.1, -0.05) is 6.92 Å².